The van der Waals surface area contributed by atoms with Crippen LogP contribution in [0.5, 0.6) is 5.75 Å². The Morgan fingerprint density at radius 2 is 1.70 bits per heavy atom. The molecule has 1 fully saturated rings. The standard InChI is InChI=1S/C32H33N5O2S/c1-2-35-16-18-36(19-17-35)22-23-9-11-24(12-10-23)30-13-14-31(40-30)32(39)37-28(26-7-3-4-8-29(26)38)20-27(34-37)25-6-5-15-33-21-25/h3-15,21,28,38H,2,16-20,22H2,1H3. The Bertz CT molecular complexity index is 1490. The van der Waals surface area contributed by atoms with Gasteiger partial charge in [0.1, 0.15) is 5.75 Å². The van der Waals surface area contributed by atoms with E-state index < -0.39 is 6.04 Å². The number of hydrazone groups is 1. The molecule has 40 heavy (non-hydrogen) atoms. The Balaban J connectivity index is 1.20. The summed E-state index contributed by atoms with van der Waals surface area (Å²) in [5.74, 6) is -0.0154. The summed E-state index contributed by atoms with van der Waals surface area (Å²) in [5, 5.41) is 16.9. The molecule has 7 nitrogen and oxygen atoms in total. The van der Waals surface area contributed by atoms with Crippen LogP contribution >= 0.6 is 11.3 Å². The van der Waals surface area contributed by atoms with E-state index in [1.54, 1.807) is 24.5 Å². The maximum absolute atomic E-state index is 13.8. The van der Waals surface area contributed by atoms with E-state index in [0.29, 0.717) is 16.9 Å². The molecule has 0 radical (unpaired) electrons. The van der Waals surface area contributed by atoms with Crippen LogP contribution in [-0.2, 0) is 6.54 Å². The van der Waals surface area contributed by atoms with E-state index in [4.69, 9.17) is 5.10 Å². The molecule has 4 aromatic rings. The van der Waals surface area contributed by atoms with E-state index >= 15 is 0 Å². The van der Waals surface area contributed by atoms with Gasteiger partial charge in [-0.15, -0.1) is 11.3 Å². The number of nitrogens with zero attached hydrogens (tertiary/aromatic N) is 5. The number of aromatic hydroxyl groups is 1. The lowest BCUT2D eigenvalue weighted by molar-refractivity contribution is 0.0714. The summed E-state index contributed by atoms with van der Waals surface area (Å²) in [6, 6.07) is 23.2. The second kappa shape index (κ2) is 11.7. The molecule has 2 aromatic carbocycles. The molecule has 4 heterocycles. The number of likely N-dealkylation sites (N-methyl/N-ethyl adjacent to an activating group) is 1. The quantitative estimate of drug-likeness (QED) is 0.322. The zero-order chi connectivity index (χ0) is 27.5. The van der Waals surface area contributed by atoms with Crippen molar-refractivity contribution in [3.05, 3.63) is 107 Å². The zero-order valence-corrected chi connectivity index (χ0v) is 23.4. The third-order valence-corrected chi connectivity index (χ3v) is 8.90. The Hall–Kier alpha value is -3.85. The van der Waals surface area contributed by atoms with E-state index in [1.165, 1.54) is 21.9 Å². The minimum absolute atomic E-state index is 0.159. The van der Waals surface area contributed by atoms with E-state index in [1.807, 2.05) is 36.4 Å². The van der Waals surface area contributed by atoms with Crippen LogP contribution in [0.2, 0.25) is 0 Å². The fourth-order valence-corrected chi connectivity index (χ4v) is 6.38. The van der Waals surface area contributed by atoms with Gasteiger partial charge >= 0.3 is 0 Å². The zero-order valence-electron chi connectivity index (χ0n) is 22.6. The first-order valence-corrected chi connectivity index (χ1v) is 14.6. The summed E-state index contributed by atoms with van der Waals surface area (Å²) >= 11 is 1.47. The molecular formula is C32H33N5O2S. The minimum Gasteiger partial charge on any atom is -0.508 e. The van der Waals surface area contributed by atoms with Gasteiger partial charge in [0.2, 0.25) is 0 Å². The topological polar surface area (TPSA) is 72.3 Å². The number of piperazine rings is 1. The molecule has 2 aromatic heterocycles. The molecule has 0 spiro atoms. The van der Waals surface area contributed by atoms with Crippen LogP contribution in [-0.4, -0.2) is 69.2 Å². The fourth-order valence-electron chi connectivity index (χ4n) is 5.43. The number of aromatic nitrogens is 1. The molecule has 0 aliphatic carbocycles. The lowest BCUT2D eigenvalue weighted by atomic mass is 9.98. The van der Waals surface area contributed by atoms with Crippen molar-refractivity contribution >= 4 is 23.0 Å². The van der Waals surface area contributed by atoms with Crippen LogP contribution in [0, 0.1) is 0 Å². The van der Waals surface area contributed by atoms with Crippen molar-refractivity contribution in [2.45, 2.75) is 25.9 Å². The maximum Gasteiger partial charge on any atom is 0.284 e. The second-order valence-corrected chi connectivity index (χ2v) is 11.4. The highest BCUT2D eigenvalue weighted by Gasteiger charge is 2.35. The molecule has 1 saturated heterocycles. The average molecular weight is 552 g/mol. The molecule has 0 saturated carbocycles. The molecular weight excluding hydrogens is 518 g/mol. The summed E-state index contributed by atoms with van der Waals surface area (Å²) in [6.45, 7) is 8.80. The monoisotopic (exact) mass is 551 g/mol. The van der Waals surface area contributed by atoms with Gasteiger partial charge in [-0.2, -0.15) is 5.10 Å². The number of para-hydroxylation sites is 1. The van der Waals surface area contributed by atoms with Crippen molar-refractivity contribution in [3.63, 3.8) is 0 Å². The lowest BCUT2D eigenvalue weighted by Crippen LogP contribution is -2.45. The number of hydrogen-bond donors (Lipinski definition) is 1. The molecule has 2 aliphatic heterocycles. The van der Waals surface area contributed by atoms with Crippen molar-refractivity contribution in [1.29, 1.82) is 0 Å². The van der Waals surface area contributed by atoms with Crippen LogP contribution in [0.4, 0.5) is 0 Å². The number of phenols is 1. The highest BCUT2D eigenvalue weighted by Crippen LogP contribution is 2.39. The van der Waals surface area contributed by atoms with Gasteiger partial charge in [-0.3, -0.25) is 14.7 Å². The number of rotatable bonds is 7. The predicted octanol–water partition coefficient (Wildman–Crippen LogP) is 5.64. The number of pyridine rings is 1. The van der Waals surface area contributed by atoms with Crippen molar-refractivity contribution < 1.29 is 9.90 Å². The van der Waals surface area contributed by atoms with Crippen molar-refractivity contribution in [1.82, 2.24) is 19.8 Å². The number of amides is 1. The van der Waals surface area contributed by atoms with Crippen molar-refractivity contribution in [2.75, 3.05) is 32.7 Å². The minimum atomic E-state index is -0.395. The fraction of sp³-hybridized carbons (Fsp3) is 0.281. The third kappa shape index (κ3) is 5.56. The Kier molecular flexibility index (Phi) is 7.73. The summed E-state index contributed by atoms with van der Waals surface area (Å²) < 4.78 is 0. The molecule has 2 aliphatic rings. The van der Waals surface area contributed by atoms with Crippen LogP contribution in [0.25, 0.3) is 10.4 Å². The molecule has 1 amide bonds. The largest absolute Gasteiger partial charge is 0.508 e. The molecule has 0 bridgehead atoms. The first-order chi connectivity index (χ1) is 19.6. The van der Waals surface area contributed by atoms with Gasteiger partial charge in [-0.25, -0.2) is 5.01 Å². The highest BCUT2D eigenvalue weighted by molar-refractivity contribution is 7.17. The highest BCUT2D eigenvalue weighted by atomic mass is 32.1. The molecule has 1 unspecified atom stereocenters. The van der Waals surface area contributed by atoms with E-state index in [0.717, 1.165) is 61.0 Å². The molecule has 204 valence electrons. The van der Waals surface area contributed by atoms with Gasteiger partial charge in [0.25, 0.3) is 5.91 Å². The van der Waals surface area contributed by atoms with Gasteiger partial charge in [0, 0.05) is 67.5 Å². The number of carbonyl (C=O) groups excluding carboxylic acids is 1. The van der Waals surface area contributed by atoms with Crippen LogP contribution < -0.4 is 0 Å². The molecule has 1 N–H and O–H groups in total. The van der Waals surface area contributed by atoms with Gasteiger partial charge in [0.15, 0.2) is 0 Å². The average Bonchev–Trinajstić information content (AvgIpc) is 3.67. The first-order valence-electron chi connectivity index (χ1n) is 13.8. The van der Waals surface area contributed by atoms with E-state index in [2.05, 4.69) is 46.0 Å². The van der Waals surface area contributed by atoms with Crippen molar-refractivity contribution in [3.8, 4) is 16.2 Å². The van der Waals surface area contributed by atoms with E-state index in [9.17, 15) is 9.90 Å². The van der Waals surface area contributed by atoms with Gasteiger partial charge in [0.05, 0.1) is 16.6 Å². The van der Waals surface area contributed by atoms with Crippen LogP contribution in [0.3, 0.4) is 0 Å². The van der Waals surface area contributed by atoms with Crippen LogP contribution in [0.1, 0.15) is 45.7 Å². The Morgan fingerprint density at radius 1 is 0.925 bits per heavy atom. The number of benzene rings is 2. The van der Waals surface area contributed by atoms with E-state index in [-0.39, 0.29) is 11.7 Å². The normalized spacial score (nSPS) is 18.2. The first kappa shape index (κ1) is 26.4. The maximum atomic E-state index is 13.8. The van der Waals surface area contributed by atoms with Crippen LogP contribution in [0.15, 0.2) is 90.3 Å². The van der Waals surface area contributed by atoms with Gasteiger partial charge in [-0.05, 0) is 41.9 Å². The van der Waals surface area contributed by atoms with Crippen molar-refractivity contribution in [2.24, 2.45) is 5.10 Å². The summed E-state index contributed by atoms with van der Waals surface area (Å²) in [6.07, 6.45) is 3.98. The third-order valence-electron chi connectivity index (χ3n) is 7.78. The van der Waals surface area contributed by atoms with Gasteiger partial charge in [-0.1, -0.05) is 55.5 Å². The number of carbonyl (C=O) groups is 1. The summed E-state index contributed by atoms with van der Waals surface area (Å²) in [7, 11) is 0. The summed E-state index contributed by atoms with van der Waals surface area (Å²) in [5.41, 5.74) is 4.74. The second-order valence-electron chi connectivity index (χ2n) is 10.3. The predicted molar refractivity (Wildman–Crippen MR) is 160 cm³/mol. The lowest BCUT2D eigenvalue weighted by Gasteiger charge is -2.34. The number of phenolic OH excluding ortho intramolecular Hbond substituents is 1. The summed E-state index contributed by atoms with van der Waals surface area (Å²) in [4.78, 5) is 24.7. The Labute approximate surface area is 239 Å². The molecule has 8 heteroatoms. The smallest absolute Gasteiger partial charge is 0.284 e. The SMILES string of the molecule is CCN1CCN(Cc2ccc(-c3ccc(C(=O)N4N=C(c5cccnc5)CC4c4ccccc4O)s3)cc2)CC1. The Morgan fingerprint density at radius 3 is 2.42 bits per heavy atom. The number of thiophene rings is 1. The molecule has 6 rings (SSSR count). The molecule has 1 atom stereocenters. The number of hydrogen-bond acceptors (Lipinski definition) is 7. The van der Waals surface area contributed by atoms with Gasteiger partial charge < -0.3 is 10.0 Å².